The minimum absolute atomic E-state index is 0.232. The van der Waals surface area contributed by atoms with E-state index < -0.39 is 0 Å². The van der Waals surface area contributed by atoms with Crippen molar-refractivity contribution < 1.29 is 0 Å². The molecule has 0 bridgehead atoms. The number of nitrogens with zero attached hydrogens (tertiary/aromatic N) is 3. The van der Waals surface area contributed by atoms with Crippen molar-refractivity contribution in [2.24, 2.45) is 5.92 Å². The fraction of sp³-hybridized carbons (Fsp3) is 0.600. The quantitative estimate of drug-likeness (QED) is 0.803. The number of nitrogen functional groups attached to an aromatic ring is 1. The van der Waals surface area contributed by atoms with Crippen molar-refractivity contribution >= 4 is 23.1 Å². The zero-order chi connectivity index (χ0) is 11.4. The van der Waals surface area contributed by atoms with E-state index in [2.05, 4.69) is 23.8 Å². The Morgan fingerprint density at radius 3 is 2.80 bits per heavy atom. The Bertz CT molecular complexity index is 327. The van der Waals surface area contributed by atoms with Crippen LogP contribution in [0.2, 0.25) is 5.28 Å². The summed E-state index contributed by atoms with van der Waals surface area (Å²) in [7, 11) is 1.96. The molecule has 0 radical (unpaired) electrons. The van der Waals surface area contributed by atoms with Crippen LogP contribution < -0.4 is 10.6 Å². The molecule has 1 aromatic heterocycles. The monoisotopic (exact) mass is 228 g/mol. The Morgan fingerprint density at radius 1 is 1.53 bits per heavy atom. The summed E-state index contributed by atoms with van der Waals surface area (Å²) in [5, 5.41) is 0.232. The molecule has 0 saturated heterocycles. The van der Waals surface area contributed by atoms with Gasteiger partial charge in [-0.15, -0.1) is 0 Å². The van der Waals surface area contributed by atoms with Gasteiger partial charge in [0.05, 0.1) is 11.9 Å². The lowest BCUT2D eigenvalue weighted by atomic mass is 10.1. The number of halogens is 1. The second-order valence-corrected chi connectivity index (χ2v) is 4.36. The SMILES string of the molecule is CC(C)CCN(C)c1nc(Cl)ncc1N. The molecule has 1 rings (SSSR count). The number of hydrogen-bond donors (Lipinski definition) is 1. The van der Waals surface area contributed by atoms with E-state index in [9.17, 15) is 0 Å². The Morgan fingerprint density at radius 2 is 2.20 bits per heavy atom. The predicted molar refractivity (Wildman–Crippen MR) is 64.2 cm³/mol. The molecule has 0 aromatic carbocycles. The van der Waals surface area contributed by atoms with Crippen LogP contribution in [0.3, 0.4) is 0 Å². The Hall–Kier alpha value is -1.03. The molecule has 15 heavy (non-hydrogen) atoms. The van der Waals surface area contributed by atoms with Crippen LogP contribution >= 0.6 is 11.6 Å². The van der Waals surface area contributed by atoms with Crippen LogP contribution in [0, 0.1) is 5.92 Å². The topological polar surface area (TPSA) is 55.0 Å². The highest BCUT2D eigenvalue weighted by Crippen LogP contribution is 2.20. The van der Waals surface area contributed by atoms with Crippen molar-refractivity contribution in [1.29, 1.82) is 0 Å². The summed E-state index contributed by atoms with van der Waals surface area (Å²) in [4.78, 5) is 9.93. The third kappa shape index (κ3) is 3.55. The molecule has 0 aliphatic rings. The Labute approximate surface area is 95.5 Å². The lowest BCUT2D eigenvalue weighted by Crippen LogP contribution is -2.22. The van der Waals surface area contributed by atoms with Gasteiger partial charge >= 0.3 is 0 Å². The van der Waals surface area contributed by atoms with Crippen LogP contribution in [0.1, 0.15) is 20.3 Å². The van der Waals surface area contributed by atoms with Crippen molar-refractivity contribution in [3.05, 3.63) is 11.5 Å². The van der Waals surface area contributed by atoms with Crippen LogP contribution in [0.4, 0.5) is 11.5 Å². The Balaban J connectivity index is 2.72. The zero-order valence-electron chi connectivity index (χ0n) is 9.37. The normalized spacial score (nSPS) is 10.7. The highest BCUT2D eigenvalue weighted by molar-refractivity contribution is 6.28. The van der Waals surface area contributed by atoms with Gasteiger partial charge in [-0.1, -0.05) is 13.8 Å². The minimum atomic E-state index is 0.232. The first kappa shape index (κ1) is 12.0. The van der Waals surface area contributed by atoms with E-state index in [1.165, 1.54) is 6.20 Å². The van der Waals surface area contributed by atoms with E-state index in [1.807, 2.05) is 11.9 Å². The number of nitrogens with two attached hydrogens (primary N) is 1. The van der Waals surface area contributed by atoms with E-state index >= 15 is 0 Å². The molecule has 2 N–H and O–H groups in total. The van der Waals surface area contributed by atoms with Crippen LogP contribution in [0.25, 0.3) is 0 Å². The predicted octanol–water partition coefficient (Wildman–Crippen LogP) is 2.19. The smallest absolute Gasteiger partial charge is 0.224 e. The summed E-state index contributed by atoms with van der Waals surface area (Å²) in [5.74, 6) is 1.36. The average Bonchev–Trinajstić information content (AvgIpc) is 2.18. The number of hydrogen-bond acceptors (Lipinski definition) is 4. The summed E-state index contributed by atoms with van der Waals surface area (Å²) < 4.78 is 0. The van der Waals surface area contributed by atoms with Gasteiger partial charge in [0, 0.05) is 13.6 Å². The van der Waals surface area contributed by atoms with E-state index in [0.717, 1.165) is 13.0 Å². The lowest BCUT2D eigenvalue weighted by molar-refractivity contribution is 0.584. The van der Waals surface area contributed by atoms with Crippen LogP contribution in [0.15, 0.2) is 6.20 Å². The molecule has 84 valence electrons. The van der Waals surface area contributed by atoms with Crippen LogP contribution in [0.5, 0.6) is 0 Å². The largest absolute Gasteiger partial charge is 0.394 e. The van der Waals surface area contributed by atoms with Gasteiger partial charge in [-0.05, 0) is 23.9 Å². The second-order valence-electron chi connectivity index (χ2n) is 4.02. The second kappa shape index (κ2) is 5.16. The highest BCUT2D eigenvalue weighted by Gasteiger charge is 2.08. The molecule has 0 spiro atoms. The van der Waals surface area contributed by atoms with Gasteiger partial charge < -0.3 is 10.6 Å². The minimum Gasteiger partial charge on any atom is -0.394 e. The van der Waals surface area contributed by atoms with Crippen molar-refractivity contribution in [3.63, 3.8) is 0 Å². The molecule has 4 nitrogen and oxygen atoms in total. The van der Waals surface area contributed by atoms with E-state index in [0.29, 0.717) is 17.4 Å². The molecule has 5 heteroatoms. The van der Waals surface area contributed by atoms with Crippen LogP contribution in [-0.2, 0) is 0 Å². The molecule has 0 atom stereocenters. The average molecular weight is 229 g/mol. The zero-order valence-corrected chi connectivity index (χ0v) is 10.1. The molecule has 0 fully saturated rings. The van der Waals surface area contributed by atoms with Gasteiger partial charge in [0.25, 0.3) is 0 Å². The van der Waals surface area contributed by atoms with E-state index in [-0.39, 0.29) is 5.28 Å². The summed E-state index contributed by atoms with van der Waals surface area (Å²) in [6, 6.07) is 0. The van der Waals surface area contributed by atoms with Crippen molar-refractivity contribution in [3.8, 4) is 0 Å². The van der Waals surface area contributed by atoms with Gasteiger partial charge in [-0.2, -0.15) is 4.98 Å². The molecule has 0 amide bonds. The summed E-state index contributed by atoms with van der Waals surface area (Å²) in [6.07, 6.45) is 2.63. The third-order valence-corrected chi connectivity index (χ3v) is 2.35. The highest BCUT2D eigenvalue weighted by atomic mass is 35.5. The number of aromatic nitrogens is 2. The molecule has 0 aliphatic carbocycles. The van der Waals surface area contributed by atoms with Gasteiger partial charge in [0.15, 0.2) is 5.82 Å². The maximum Gasteiger partial charge on any atom is 0.224 e. The standard InChI is InChI=1S/C10H17ClN4/c1-7(2)4-5-15(3)9-8(12)6-13-10(11)14-9/h6-7H,4-5,12H2,1-3H3. The molecular formula is C10H17ClN4. The first-order valence-corrected chi connectivity index (χ1v) is 5.37. The van der Waals surface area contributed by atoms with E-state index in [1.54, 1.807) is 0 Å². The molecule has 1 aromatic rings. The maximum atomic E-state index is 5.77. The summed E-state index contributed by atoms with van der Waals surface area (Å²) in [5.41, 5.74) is 6.33. The maximum absolute atomic E-state index is 5.77. The van der Waals surface area contributed by atoms with Gasteiger partial charge in [0.1, 0.15) is 0 Å². The molecule has 0 saturated carbocycles. The van der Waals surface area contributed by atoms with Crippen molar-refractivity contribution in [2.45, 2.75) is 20.3 Å². The number of anilines is 2. The lowest BCUT2D eigenvalue weighted by Gasteiger charge is -2.20. The molecular weight excluding hydrogens is 212 g/mol. The molecule has 1 heterocycles. The first-order chi connectivity index (χ1) is 7.00. The van der Waals surface area contributed by atoms with E-state index in [4.69, 9.17) is 17.3 Å². The third-order valence-electron chi connectivity index (χ3n) is 2.17. The van der Waals surface area contributed by atoms with Crippen LogP contribution in [-0.4, -0.2) is 23.6 Å². The first-order valence-electron chi connectivity index (χ1n) is 5.00. The Kier molecular flexibility index (Phi) is 4.15. The fourth-order valence-corrected chi connectivity index (χ4v) is 1.35. The summed E-state index contributed by atoms with van der Waals surface area (Å²) in [6.45, 7) is 5.28. The number of rotatable bonds is 4. The van der Waals surface area contributed by atoms with Gasteiger partial charge in [-0.25, -0.2) is 4.98 Å². The van der Waals surface area contributed by atoms with Gasteiger partial charge in [-0.3, -0.25) is 0 Å². The summed E-state index contributed by atoms with van der Waals surface area (Å²) >= 11 is 5.72. The fourth-order valence-electron chi connectivity index (χ4n) is 1.22. The molecule has 0 aliphatic heterocycles. The van der Waals surface area contributed by atoms with Crippen molar-refractivity contribution in [2.75, 3.05) is 24.2 Å². The van der Waals surface area contributed by atoms with Crippen molar-refractivity contribution in [1.82, 2.24) is 9.97 Å². The molecule has 0 unspecified atom stereocenters. The van der Waals surface area contributed by atoms with Gasteiger partial charge in [0.2, 0.25) is 5.28 Å².